The van der Waals surface area contributed by atoms with E-state index >= 15 is 0 Å². The summed E-state index contributed by atoms with van der Waals surface area (Å²) in [5.41, 5.74) is 3.22. The maximum Gasteiger partial charge on any atom is 0.239 e. The Hall–Kier alpha value is -3.40. The van der Waals surface area contributed by atoms with Crippen molar-refractivity contribution in [1.82, 2.24) is 30.3 Å². The second-order valence-electron chi connectivity index (χ2n) is 6.73. The maximum absolute atomic E-state index is 12.2. The highest BCUT2D eigenvalue weighted by atomic mass is 32.1. The van der Waals surface area contributed by atoms with Crippen LogP contribution in [0.25, 0.3) is 22.9 Å². The first-order valence-corrected chi connectivity index (χ1v) is 10.6. The van der Waals surface area contributed by atoms with E-state index in [2.05, 4.69) is 66.8 Å². The summed E-state index contributed by atoms with van der Waals surface area (Å²) >= 11 is 1.40. The third-order valence-electron chi connectivity index (χ3n) is 4.48. The van der Waals surface area contributed by atoms with Crippen LogP contribution in [0.1, 0.15) is 37.6 Å². The molecule has 9 nitrogen and oxygen atoms in total. The summed E-state index contributed by atoms with van der Waals surface area (Å²) in [5, 5.41) is 15.6. The van der Waals surface area contributed by atoms with Gasteiger partial charge in [-0.1, -0.05) is 42.8 Å². The number of aryl methyl sites for hydroxylation is 2. The van der Waals surface area contributed by atoms with Gasteiger partial charge in [-0.15, -0.1) is 11.3 Å². The van der Waals surface area contributed by atoms with Crippen LogP contribution >= 0.6 is 11.3 Å². The highest BCUT2D eigenvalue weighted by Gasteiger charge is 2.13. The molecule has 4 rings (SSSR count). The maximum atomic E-state index is 12.2. The minimum atomic E-state index is -0.162. The van der Waals surface area contributed by atoms with Crippen LogP contribution in [-0.2, 0) is 17.6 Å². The number of carbonyl (C=O) groups excluding carboxylic acids is 1. The minimum absolute atomic E-state index is 0.162. The minimum Gasteiger partial charge on any atom is -0.339 e. The predicted octanol–water partition coefficient (Wildman–Crippen LogP) is 3.89. The molecule has 3 aromatic heterocycles. The number of nitrogens with one attached hydrogen (secondary N) is 2. The summed E-state index contributed by atoms with van der Waals surface area (Å²) < 4.78 is 5.14. The molecule has 0 aliphatic rings. The van der Waals surface area contributed by atoms with Crippen molar-refractivity contribution in [3.63, 3.8) is 0 Å². The van der Waals surface area contributed by atoms with Gasteiger partial charge in [0, 0.05) is 23.8 Å². The summed E-state index contributed by atoms with van der Waals surface area (Å²) in [6.45, 7) is 2.19. The average molecular weight is 424 g/mol. The number of aromatic amines is 1. The normalized spacial score (nSPS) is 11.0. The van der Waals surface area contributed by atoms with E-state index in [4.69, 9.17) is 4.52 Å². The summed E-state index contributed by atoms with van der Waals surface area (Å²) in [5.74, 6) is 0.932. The van der Waals surface area contributed by atoms with Gasteiger partial charge in [-0.3, -0.25) is 9.89 Å². The van der Waals surface area contributed by atoms with Crippen molar-refractivity contribution in [2.75, 3.05) is 5.32 Å². The van der Waals surface area contributed by atoms with Crippen LogP contribution < -0.4 is 5.32 Å². The van der Waals surface area contributed by atoms with Gasteiger partial charge in [0.2, 0.25) is 17.6 Å². The fourth-order valence-electron chi connectivity index (χ4n) is 2.85. The number of hydrogen-bond donors (Lipinski definition) is 2. The van der Waals surface area contributed by atoms with Gasteiger partial charge in [0.15, 0.2) is 11.0 Å². The molecule has 154 valence electrons. The third kappa shape index (κ3) is 4.95. The Kier molecular flexibility index (Phi) is 6.23. The average Bonchev–Trinajstić information content (AvgIpc) is 3.52. The number of rotatable bonds is 9. The van der Waals surface area contributed by atoms with Gasteiger partial charge in [0.25, 0.3) is 0 Å². The van der Waals surface area contributed by atoms with E-state index in [-0.39, 0.29) is 12.3 Å². The van der Waals surface area contributed by atoms with Crippen LogP contribution in [0, 0.1) is 0 Å². The standard InChI is InChI=1S/C20H21N7O2S/c1-2-3-4-13-5-7-14(8-6-13)15-11-30-20(23-15)24-16(28)9-10-17-25-19(27-29-17)18-21-12-22-26-18/h5-8,11-12H,2-4,9-10H2,1H3,(H,21,22,26)(H,23,24,28). The molecule has 0 radical (unpaired) electrons. The molecule has 10 heteroatoms. The fraction of sp³-hybridized carbons (Fsp3) is 0.300. The van der Waals surface area contributed by atoms with Gasteiger partial charge in [0.1, 0.15) is 6.33 Å². The summed E-state index contributed by atoms with van der Waals surface area (Å²) in [6.07, 6.45) is 5.36. The van der Waals surface area contributed by atoms with Crippen LogP contribution in [0.3, 0.4) is 0 Å². The van der Waals surface area contributed by atoms with Gasteiger partial charge in [-0.05, 0) is 18.4 Å². The Morgan fingerprint density at radius 2 is 2.07 bits per heavy atom. The second-order valence-corrected chi connectivity index (χ2v) is 7.59. The molecule has 0 bridgehead atoms. The van der Waals surface area contributed by atoms with Crippen molar-refractivity contribution in [3.8, 4) is 22.9 Å². The molecule has 1 amide bonds. The monoisotopic (exact) mass is 423 g/mol. The van der Waals surface area contributed by atoms with Crippen molar-refractivity contribution >= 4 is 22.4 Å². The summed E-state index contributed by atoms with van der Waals surface area (Å²) in [7, 11) is 0. The number of thiazole rings is 1. The molecule has 2 N–H and O–H groups in total. The number of benzene rings is 1. The zero-order chi connectivity index (χ0) is 20.8. The number of carbonyl (C=O) groups is 1. The number of aromatic nitrogens is 6. The lowest BCUT2D eigenvalue weighted by Gasteiger charge is -2.02. The third-order valence-corrected chi connectivity index (χ3v) is 5.24. The number of H-pyrrole nitrogens is 1. The molecule has 0 unspecified atom stereocenters. The van der Waals surface area contributed by atoms with Gasteiger partial charge in [-0.25, -0.2) is 9.97 Å². The van der Waals surface area contributed by atoms with Crippen LogP contribution in [0.5, 0.6) is 0 Å². The van der Waals surface area contributed by atoms with Crippen molar-refractivity contribution in [2.24, 2.45) is 0 Å². The van der Waals surface area contributed by atoms with Crippen molar-refractivity contribution in [3.05, 3.63) is 47.4 Å². The molecule has 3 heterocycles. The van der Waals surface area contributed by atoms with Gasteiger partial charge < -0.3 is 9.84 Å². The fourth-order valence-corrected chi connectivity index (χ4v) is 3.59. The Morgan fingerprint density at radius 3 is 2.83 bits per heavy atom. The molecular formula is C20H21N7O2S. The van der Waals surface area contributed by atoms with Crippen molar-refractivity contribution in [2.45, 2.75) is 39.0 Å². The lowest BCUT2D eigenvalue weighted by atomic mass is 10.1. The smallest absolute Gasteiger partial charge is 0.239 e. The lowest BCUT2D eigenvalue weighted by Crippen LogP contribution is -2.12. The van der Waals surface area contributed by atoms with E-state index < -0.39 is 0 Å². The number of nitrogens with zero attached hydrogens (tertiary/aromatic N) is 5. The van der Waals surface area contributed by atoms with E-state index in [9.17, 15) is 4.79 Å². The Morgan fingerprint density at radius 1 is 1.20 bits per heavy atom. The molecular weight excluding hydrogens is 402 g/mol. The van der Waals surface area contributed by atoms with E-state index in [1.807, 2.05) is 5.38 Å². The molecule has 0 aliphatic heterocycles. The highest BCUT2D eigenvalue weighted by molar-refractivity contribution is 7.14. The van der Waals surface area contributed by atoms with E-state index in [0.29, 0.717) is 29.1 Å². The van der Waals surface area contributed by atoms with E-state index in [1.165, 1.54) is 36.1 Å². The molecule has 0 atom stereocenters. The van der Waals surface area contributed by atoms with Crippen LogP contribution in [0.4, 0.5) is 5.13 Å². The number of amides is 1. The lowest BCUT2D eigenvalue weighted by molar-refractivity contribution is -0.116. The van der Waals surface area contributed by atoms with Crippen molar-refractivity contribution < 1.29 is 9.32 Å². The molecule has 0 saturated carbocycles. The van der Waals surface area contributed by atoms with Gasteiger partial charge >= 0.3 is 0 Å². The molecule has 4 aromatic rings. The van der Waals surface area contributed by atoms with Gasteiger partial charge in [0.05, 0.1) is 5.69 Å². The largest absolute Gasteiger partial charge is 0.339 e. The zero-order valence-corrected chi connectivity index (χ0v) is 17.3. The van der Waals surface area contributed by atoms with Crippen LogP contribution in [-0.4, -0.2) is 36.2 Å². The first kappa shape index (κ1) is 19.9. The molecule has 0 fully saturated rings. The Balaban J connectivity index is 1.29. The molecule has 30 heavy (non-hydrogen) atoms. The van der Waals surface area contributed by atoms with Crippen LogP contribution in [0.2, 0.25) is 0 Å². The SMILES string of the molecule is CCCCc1ccc(-c2csc(NC(=O)CCc3nc(-c4ncn[nH]4)no3)n2)cc1. The second kappa shape index (κ2) is 9.40. The summed E-state index contributed by atoms with van der Waals surface area (Å²) in [4.78, 5) is 24.9. The Labute approximate surface area is 177 Å². The topological polar surface area (TPSA) is 122 Å². The molecule has 0 saturated heterocycles. The first-order chi connectivity index (χ1) is 14.7. The molecule has 1 aromatic carbocycles. The van der Waals surface area contributed by atoms with Gasteiger partial charge in [-0.2, -0.15) is 10.1 Å². The zero-order valence-electron chi connectivity index (χ0n) is 16.5. The van der Waals surface area contributed by atoms with Crippen molar-refractivity contribution in [1.29, 1.82) is 0 Å². The number of hydrogen-bond acceptors (Lipinski definition) is 8. The first-order valence-electron chi connectivity index (χ1n) is 9.74. The Bertz CT molecular complexity index is 1090. The molecule has 0 spiro atoms. The number of anilines is 1. The van der Waals surface area contributed by atoms with E-state index in [1.54, 1.807) is 0 Å². The summed E-state index contributed by atoms with van der Waals surface area (Å²) in [6, 6.07) is 8.43. The molecule has 0 aliphatic carbocycles. The van der Waals surface area contributed by atoms with Crippen LogP contribution in [0.15, 0.2) is 40.5 Å². The number of unbranched alkanes of at least 4 members (excludes halogenated alkanes) is 1. The highest BCUT2D eigenvalue weighted by Crippen LogP contribution is 2.25. The van der Waals surface area contributed by atoms with E-state index in [0.717, 1.165) is 17.7 Å². The predicted molar refractivity (Wildman–Crippen MR) is 113 cm³/mol. The quantitative estimate of drug-likeness (QED) is 0.419.